The summed E-state index contributed by atoms with van der Waals surface area (Å²) in [6.07, 6.45) is 0. The molecular weight excluding hydrogens is 1810 g/mol. The standard InChI is InChI=1S/C53H37N.C49H35N.C45H33N/c1-53(2)49-22-12-11-21-47(49)51-50(32-38-15-5-6-16-41(38)52(51)53)54(39-27-25-35(26-28-39)37-24-23-34-13-3-4-14-36(34)31-37)40-29-30-46-44-19-8-7-17-42(44)43-18-9-10-20-45(43)48(46)33-40;1-49(2)44-22-12-11-21-43(44)47-46(31-37-16-6-8-18-40(37)48(47)49)50(45-30-36-15-5-7-17-39(36)41-19-9-10-20-42(41)45)38-27-25-33(26-28-38)35-24-23-32-13-3-4-14-34(32)29-35;1-45(2)41-18-10-9-17-40(41)43-42(29-36-15-7-8-16-39(36)44(43)45)46(38-26-23-31-12-4-6-14-34(31)28-38)37-24-21-32(22-25-37)35-20-19-30-11-3-5-13-33(30)27-35/h3-33H,1-2H3;3-31H,1-2H3;3-29H,1-2H3. The van der Waals surface area contributed by atoms with E-state index in [4.69, 9.17) is 0 Å². The molecule has 3 heteroatoms. The molecule has 0 atom stereocenters. The first-order valence-electron chi connectivity index (χ1n) is 52.6. The molecule has 0 saturated heterocycles. The summed E-state index contributed by atoms with van der Waals surface area (Å²) in [5.74, 6) is 0. The van der Waals surface area contributed by atoms with E-state index in [9.17, 15) is 0 Å². The fraction of sp³-hybridized carbons (Fsp3) is 0.0612. The molecule has 708 valence electrons. The summed E-state index contributed by atoms with van der Waals surface area (Å²) in [5, 5.41) is 30.4. The predicted octanol–water partition coefficient (Wildman–Crippen LogP) is 41.2. The van der Waals surface area contributed by atoms with Gasteiger partial charge in [0.15, 0.2) is 0 Å². The third kappa shape index (κ3) is 14.6. The lowest BCUT2D eigenvalue weighted by Crippen LogP contribution is -2.17. The molecule has 30 rings (SSSR count). The van der Waals surface area contributed by atoms with Crippen molar-refractivity contribution in [2.45, 2.75) is 57.8 Å². The molecule has 27 aromatic carbocycles. The molecular formula is C147H105N3. The third-order valence-electron chi connectivity index (χ3n) is 32.9. The number of anilines is 9. The minimum atomic E-state index is -0.161. The van der Waals surface area contributed by atoms with Crippen LogP contribution in [-0.4, -0.2) is 0 Å². The van der Waals surface area contributed by atoms with Gasteiger partial charge in [-0.1, -0.05) is 466 Å². The first kappa shape index (κ1) is 89.1. The molecule has 0 N–H and O–H groups in total. The Morgan fingerprint density at radius 2 is 0.360 bits per heavy atom. The van der Waals surface area contributed by atoms with Crippen LogP contribution in [0.2, 0.25) is 0 Å². The van der Waals surface area contributed by atoms with E-state index in [1.54, 1.807) is 0 Å². The molecule has 3 aliphatic rings. The van der Waals surface area contributed by atoms with Gasteiger partial charge in [-0.15, -0.1) is 0 Å². The monoisotopic (exact) mass is 1910 g/mol. The minimum absolute atomic E-state index is 0.128. The van der Waals surface area contributed by atoms with Crippen molar-refractivity contribution in [3.8, 4) is 66.8 Å². The lowest BCUT2D eigenvalue weighted by atomic mass is 9.80. The van der Waals surface area contributed by atoms with Crippen molar-refractivity contribution >= 4 is 180 Å². The van der Waals surface area contributed by atoms with Crippen molar-refractivity contribution in [3.63, 3.8) is 0 Å². The van der Waals surface area contributed by atoms with E-state index in [1.165, 1.54) is 252 Å². The second kappa shape index (κ2) is 35.4. The highest BCUT2D eigenvalue weighted by molar-refractivity contribution is 6.26. The summed E-state index contributed by atoms with van der Waals surface area (Å²) < 4.78 is 0. The number of hydrogen-bond acceptors (Lipinski definition) is 3. The van der Waals surface area contributed by atoms with Crippen molar-refractivity contribution in [2.24, 2.45) is 0 Å². The summed E-state index contributed by atoms with van der Waals surface area (Å²) in [5.41, 5.74) is 33.6. The summed E-state index contributed by atoms with van der Waals surface area (Å²) in [7, 11) is 0. The van der Waals surface area contributed by atoms with Gasteiger partial charge >= 0.3 is 0 Å². The van der Waals surface area contributed by atoms with Gasteiger partial charge in [-0.2, -0.15) is 0 Å². The van der Waals surface area contributed by atoms with Gasteiger partial charge in [-0.05, 0) is 310 Å². The van der Waals surface area contributed by atoms with Crippen molar-refractivity contribution in [3.05, 3.63) is 561 Å². The molecule has 0 unspecified atom stereocenters. The zero-order chi connectivity index (χ0) is 100. The van der Waals surface area contributed by atoms with E-state index in [-0.39, 0.29) is 16.2 Å². The van der Waals surface area contributed by atoms with Crippen LogP contribution in [0.1, 0.15) is 74.9 Å². The fourth-order valence-electron chi connectivity index (χ4n) is 25.8. The van der Waals surface area contributed by atoms with Gasteiger partial charge in [0.25, 0.3) is 0 Å². The van der Waals surface area contributed by atoms with Crippen LogP contribution in [0.15, 0.2) is 528 Å². The Hall–Kier alpha value is -18.5. The molecule has 0 amide bonds. The topological polar surface area (TPSA) is 9.72 Å². The van der Waals surface area contributed by atoms with Crippen LogP contribution in [-0.2, 0) is 16.2 Å². The smallest absolute Gasteiger partial charge is 0.0549 e. The molecule has 3 aliphatic carbocycles. The zero-order valence-electron chi connectivity index (χ0n) is 84.6. The van der Waals surface area contributed by atoms with Crippen LogP contribution < -0.4 is 14.7 Å². The lowest BCUT2D eigenvalue weighted by Gasteiger charge is -2.31. The number of hydrogen-bond donors (Lipinski definition) is 0. The Kier molecular flexibility index (Phi) is 21.0. The molecule has 0 radical (unpaired) electrons. The van der Waals surface area contributed by atoms with E-state index in [2.05, 4.69) is 584 Å². The van der Waals surface area contributed by atoms with E-state index in [0.717, 1.165) is 28.4 Å². The van der Waals surface area contributed by atoms with Gasteiger partial charge in [-0.25, -0.2) is 0 Å². The summed E-state index contributed by atoms with van der Waals surface area (Å²) >= 11 is 0. The van der Waals surface area contributed by atoms with Crippen molar-refractivity contribution < 1.29 is 0 Å². The molecule has 150 heavy (non-hydrogen) atoms. The maximum absolute atomic E-state index is 2.53. The molecule has 0 bridgehead atoms. The average Bonchev–Trinajstić information content (AvgIpc) is 1.54. The predicted molar refractivity (Wildman–Crippen MR) is 642 cm³/mol. The van der Waals surface area contributed by atoms with E-state index in [0.29, 0.717) is 0 Å². The quantitative estimate of drug-likeness (QED) is 0.113. The van der Waals surface area contributed by atoms with Crippen LogP contribution in [0.25, 0.3) is 196 Å². The Labute approximate surface area is 874 Å². The van der Waals surface area contributed by atoms with Gasteiger partial charge in [0.1, 0.15) is 0 Å². The highest BCUT2D eigenvalue weighted by atomic mass is 15.2. The van der Waals surface area contributed by atoms with Gasteiger partial charge in [-0.3, -0.25) is 0 Å². The molecule has 27 aromatic rings. The average molecular weight is 1910 g/mol. The molecule has 0 heterocycles. The molecule has 0 aliphatic heterocycles. The van der Waals surface area contributed by atoms with Gasteiger partial charge < -0.3 is 14.7 Å². The van der Waals surface area contributed by atoms with Crippen molar-refractivity contribution in [1.29, 1.82) is 0 Å². The van der Waals surface area contributed by atoms with Crippen molar-refractivity contribution in [2.75, 3.05) is 14.7 Å². The SMILES string of the molecule is CC1(C)c2ccccc2-c2c(N(c3ccc(-c4ccc5ccccc5c4)cc3)c3cc4ccccc4c4ccccc34)cc3ccccc3c21.CC1(C)c2ccccc2-c2c(N(c3ccc(-c4ccc5ccccc5c4)cc3)c3ccc4c5ccccc5c5ccccc5c4c3)cc3ccccc3c21.CC1(C)c2ccccc2-c2c(N(c3ccc(-c4ccc5ccccc5c4)cc3)c3ccc4ccccc4c3)cc3ccccc3c21. The number of rotatable bonds is 12. The van der Waals surface area contributed by atoms with Crippen LogP contribution in [0, 0.1) is 0 Å². The van der Waals surface area contributed by atoms with Crippen LogP contribution in [0.3, 0.4) is 0 Å². The number of nitrogens with zero attached hydrogens (tertiary/aromatic N) is 3. The summed E-state index contributed by atoms with van der Waals surface area (Å²) in [6.45, 7) is 14.3. The van der Waals surface area contributed by atoms with E-state index < -0.39 is 0 Å². The fourth-order valence-corrected chi connectivity index (χ4v) is 25.8. The van der Waals surface area contributed by atoms with Gasteiger partial charge in [0.2, 0.25) is 0 Å². The second-order valence-electron chi connectivity index (χ2n) is 42.5. The maximum atomic E-state index is 2.53. The molecule has 0 saturated carbocycles. The first-order valence-corrected chi connectivity index (χ1v) is 52.6. The van der Waals surface area contributed by atoms with Crippen LogP contribution in [0.4, 0.5) is 51.2 Å². The number of fused-ring (bicyclic) bond motifs is 28. The summed E-state index contributed by atoms with van der Waals surface area (Å²) in [4.78, 5) is 7.51. The second-order valence-corrected chi connectivity index (χ2v) is 42.5. The number of benzene rings is 27. The maximum Gasteiger partial charge on any atom is 0.0549 e. The molecule has 0 spiro atoms. The van der Waals surface area contributed by atoms with Crippen LogP contribution >= 0.6 is 0 Å². The largest absolute Gasteiger partial charge is 0.310 e. The van der Waals surface area contributed by atoms with Crippen LogP contribution in [0.5, 0.6) is 0 Å². The molecule has 0 aromatic heterocycles. The van der Waals surface area contributed by atoms with E-state index >= 15 is 0 Å². The first-order chi connectivity index (χ1) is 73.7. The zero-order valence-corrected chi connectivity index (χ0v) is 84.6. The van der Waals surface area contributed by atoms with Gasteiger partial charge in [0.05, 0.1) is 22.7 Å². The Morgan fingerprint density at radius 3 is 0.727 bits per heavy atom. The van der Waals surface area contributed by atoms with Crippen molar-refractivity contribution in [1.82, 2.24) is 0 Å². The molecule has 0 fully saturated rings. The Morgan fingerprint density at radius 1 is 0.133 bits per heavy atom. The van der Waals surface area contributed by atoms with E-state index in [1.807, 2.05) is 0 Å². The minimum Gasteiger partial charge on any atom is -0.310 e. The third-order valence-corrected chi connectivity index (χ3v) is 32.9. The molecule has 3 nitrogen and oxygen atoms in total. The Balaban J connectivity index is 0.000000108. The normalized spacial score (nSPS) is 13.2. The Bertz CT molecular complexity index is 10200. The summed E-state index contributed by atoms with van der Waals surface area (Å²) in [6, 6.07) is 195. The highest BCUT2D eigenvalue weighted by Gasteiger charge is 2.44. The lowest BCUT2D eigenvalue weighted by molar-refractivity contribution is 0.666. The van der Waals surface area contributed by atoms with Gasteiger partial charge in [0, 0.05) is 66.8 Å². The highest BCUT2D eigenvalue weighted by Crippen LogP contribution is 2.62.